The number of aryl methyl sites for hydroxylation is 1. The third-order valence-electron chi connectivity index (χ3n) is 3.90. The van der Waals surface area contributed by atoms with Gasteiger partial charge in [0.05, 0.1) is 13.0 Å². The number of anilines is 2. The number of carbonyl (C=O) groups is 1. The van der Waals surface area contributed by atoms with Gasteiger partial charge in [-0.15, -0.1) is 0 Å². The predicted octanol–water partition coefficient (Wildman–Crippen LogP) is 4.25. The standard InChI is InChI=1S/C20H26N2O2/c1-4-22(5-2)18-10-8-17(9-11-18)21-20(23)14-15-24-19-12-6-16(3)7-13-19/h6-13H,4-5,14-15H2,1-3H3,(H,21,23). The highest BCUT2D eigenvalue weighted by Gasteiger charge is 2.05. The van der Waals surface area contributed by atoms with Crippen molar-refractivity contribution in [3.05, 3.63) is 54.1 Å². The first-order valence-electron chi connectivity index (χ1n) is 8.46. The van der Waals surface area contributed by atoms with Gasteiger partial charge in [0, 0.05) is 24.5 Å². The Morgan fingerprint density at radius 2 is 1.62 bits per heavy atom. The lowest BCUT2D eigenvalue weighted by Crippen LogP contribution is -2.21. The lowest BCUT2D eigenvalue weighted by molar-refractivity contribution is -0.116. The molecule has 0 heterocycles. The predicted molar refractivity (Wildman–Crippen MR) is 99.9 cm³/mol. The van der Waals surface area contributed by atoms with Crippen molar-refractivity contribution in [2.24, 2.45) is 0 Å². The molecule has 0 saturated heterocycles. The molecule has 0 unspecified atom stereocenters. The summed E-state index contributed by atoms with van der Waals surface area (Å²) in [5.74, 6) is 0.745. The summed E-state index contributed by atoms with van der Waals surface area (Å²) in [6.45, 7) is 8.60. The topological polar surface area (TPSA) is 41.6 Å². The van der Waals surface area contributed by atoms with Crippen LogP contribution in [-0.4, -0.2) is 25.6 Å². The minimum Gasteiger partial charge on any atom is -0.493 e. The molecule has 0 spiro atoms. The van der Waals surface area contributed by atoms with Gasteiger partial charge in [0.1, 0.15) is 5.75 Å². The summed E-state index contributed by atoms with van der Waals surface area (Å²) in [4.78, 5) is 14.3. The largest absolute Gasteiger partial charge is 0.493 e. The van der Waals surface area contributed by atoms with Crippen LogP contribution in [0.25, 0.3) is 0 Å². The second kappa shape index (κ2) is 8.96. The van der Waals surface area contributed by atoms with E-state index in [0.717, 1.165) is 24.5 Å². The van der Waals surface area contributed by atoms with E-state index in [9.17, 15) is 4.79 Å². The van der Waals surface area contributed by atoms with Gasteiger partial charge in [-0.3, -0.25) is 4.79 Å². The first-order valence-corrected chi connectivity index (χ1v) is 8.46. The smallest absolute Gasteiger partial charge is 0.227 e. The molecule has 0 bridgehead atoms. The highest BCUT2D eigenvalue weighted by molar-refractivity contribution is 5.90. The van der Waals surface area contributed by atoms with Crippen LogP contribution >= 0.6 is 0 Å². The zero-order valence-electron chi connectivity index (χ0n) is 14.7. The molecule has 0 aliphatic carbocycles. The Hall–Kier alpha value is -2.49. The van der Waals surface area contributed by atoms with Gasteiger partial charge < -0.3 is 15.0 Å². The summed E-state index contributed by atoms with van der Waals surface area (Å²) in [5, 5.41) is 2.90. The van der Waals surface area contributed by atoms with Gasteiger partial charge in [-0.1, -0.05) is 17.7 Å². The fourth-order valence-corrected chi connectivity index (χ4v) is 2.46. The number of hydrogen-bond acceptors (Lipinski definition) is 3. The number of ether oxygens (including phenoxy) is 1. The summed E-state index contributed by atoms with van der Waals surface area (Å²) in [6, 6.07) is 15.8. The van der Waals surface area contributed by atoms with Gasteiger partial charge in [-0.05, 0) is 57.2 Å². The SMILES string of the molecule is CCN(CC)c1ccc(NC(=O)CCOc2ccc(C)cc2)cc1. The lowest BCUT2D eigenvalue weighted by atomic mass is 10.2. The van der Waals surface area contributed by atoms with Crippen molar-refractivity contribution in [3.63, 3.8) is 0 Å². The number of rotatable bonds is 8. The molecule has 0 aromatic heterocycles. The Balaban J connectivity index is 1.78. The first kappa shape index (κ1) is 17.9. The highest BCUT2D eigenvalue weighted by Crippen LogP contribution is 2.18. The van der Waals surface area contributed by atoms with E-state index in [2.05, 4.69) is 24.1 Å². The zero-order chi connectivity index (χ0) is 17.4. The number of amides is 1. The molecular weight excluding hydrogens is 300 g/mol. The van der Waals surface area contributed by atoms with Crippen LogP contribution in [0.1, 0.15) is 25.8 Å². The Kier molecular flexibility index (Phi) is 6.67. The second-order valence-corrected chi connectivity index (χ2v) is 5.68. The van der Waals surface area contributed by atoms with Gasteiger partial charge >= 0.3 is 0 Å². The summed E-state index contributed by atoms with van der Waals surface area (Å²) in [5.41, 5.74) is 3.17. The molecule has 0 saturated carbocycles. The normalized spacial score (nSPS) is 10.3. The van der Waals surface area contributed by atoms with Crippen molar-refractivity contribution in [1.82, 2.24) is 0 Å². The van der Waals surface area contributed by atoms with Crippen LogP contribution in [0.5, 0.6) is 5.75 Å². The highest BCUT2D eigenvalue weighted by atomic mass is 16.5. The van der Waals surface area contributed by atoms with E-state index in [1.807, 2.05) is 55.5 Å². The van der Waals surface area contributed by atoms with E-state index < -0.39 is 0 Å². The minimum atomic E-state index is -0.0438. The summed E-state index contributed by atoms with van der Waals surface area (Å²) in [6.07, 6.45) is 0.325. The maximum Gasteiger partial charge on any atom is 0.227 e. The van der Waals surface area contributed by atoms with E-state index in [1.54, 1.807) is 0 Å². The second-order valence-electron chi connectivity index (χ2n) is 5.68. The van der Waals surface area contributed by atoms with Gasteiger partial charge in [-0.2, -0.15) is 0 Å². The van der Waals surface area contributed by atoms with Crippen LogP contribution in [0.4, 0.5) is 11.4 Å². The monoisotopic (exact) mass is 326 g/mol. The molecule has 0 atom stereocenters. The fourth-order valence-electron chi connectivity index (χ4n) is 2.46. The Morgan fingerprint density at radius 3 is 2.21 bits per heavy atom. The van der Waals surface area contributed by atoms with Crippen LogP contribution < -0.4 is 15.0 Å². The number of benzene rings is 2. The zero-order valence-corrected chi connectivity index (χ0v) is 14.7. The van der Waals surface area contributed by atoms with Crippen molar-refractivity contribution >= 4 is 17.3 Å². The number of nitrogens with one attached hydrogen (secondary N) is 1. The number of hydrogen-bond donors (Lipinski definition) is 1. The maximum absolute atomic E-state index is 12.0. The number of carbonyl (C=O) groups excluding carboxylic acids is 1. The van der Waals surface area contributed by atoms with Crippen LogP contribution in [0.2, 0.25) is 0 Å². The molecule has 1 amide bonds. The van der Waals surface area contributed by atoms with Crippen molar-refractivity contribution in [2.45, 2.75) is 27.2 Å². The average molecular weight is 326 g/mol. The molecule has 2 aromatic carbocycles. The van der Waals surface area contributed by atoms with E-state index in [4.69, 9.17) is 4.74 Å². The van der Waals surface area contributed by atoms with E-state index in [-0.39, 0.29) is 5.91 Å². The molecule has 0 aliphatic heterocycles. The molecule has 4 nitrogen and oxygen atoms in total. The van der Waals surface area contributed by atoms with Crippen molar-refractivity contribution in [3.8, 4) is 5.75 Å². The van der Waals surface area contributed by atoms with Crippen LogP contribution in [-0.2, 0) is 4.79 Å². The Morgan fingerprint density at radius 1 is 1.00 bits per heavy atom. The molecule has 0 aliphatic rings. The first-order chi connectivity index (χ1) is 11.6. The van der Waals surface area contributed by atoms with Gasteiger partial charge in [0.25, 0.3) is 0 Å². The summed E-state index contributed by atoms with van der Waals surface area (Å²) in [7, 11) is 0. The Labute approximate surface area is 144 Å². The average Bonchev–Trinajstić information content (AvgIpc) is 2.59. The molecule has 0 fully saturated rings. The quantitative estimate of drug-likeness (QED) is 0.788. The number of nitrogens with zero attached hydrogens (tertiary/aromatic N) is 1. The lowest BCUT2D eigenvalue weighted by Gasteiger charge is -2.21. The molecule has 128 valence electrons. The minimum absolute atomic E-state index is 0.0438. The molecule has 24 heavy (non-hydrogen) atoms. The van der Waals surface area contributed by atoms with Crippen LogP contribution in [0.3, 0.4) is 0 Å². The van der Waals surface area contributed by atoms with Gasteiger partial charge in [0.2, 0.25) is 5.91 Å². The molecular formula is C20H26N2O2. The van der Waals surface area contributed by atoms with Crippen molar-refractivity contribution < 1.29 is 9.53 Å². The van der Waals surface area contributed by atoms with E-state index in [1.165, 1.54) is 11.3 Å². The third kappa shape index (κ3) is 5.30. The van der Waals surface area contributed by atoms with Gasteiger partial charge in [0.15, 0.2) is 0 Å². The van der Waals surface area contributed by atoms with Crippen LogP contribution in [0, 0.1) is 6.92 Å². The summed E-state index contributed by atoms with van der Waals surface area (Å²) >= 11 is 0. The van der Waals surface area contributed by atoms with Crippen molar-refractivity contribution in [1.29, 1.82) is 0 Å². The summed E-state index contributed by atoms with van der Waals surface area (Å²) < 4.78 is 5.58. The third-order valence-corrected chi connectivity index (χ3v) is 3.90. The van der Waals surface area contributed by atoms with Gasteiger partial charge in [-0.25, -0.2) is 0 Å². The molecule has 1 N–H and O–H groups in total. The van der Waals surface area contributed by atoms with E-state index >= 15 is 0 Å². The Bertz CT molecular complexity index is 632. The van der Waals surface area contributed by atoms with E-state index in [0.29, 0.717) is 13.0 Å². The molecule has 2 rings (SSSR count). The molecule has 4 heteroatoms. The molecule has 2 aromatic rings. The fraction of sp³-hybridized carbons (Fsp3) is 0.350. The molecule has 0 radical (unpaired) electrons. The van der Waals surface area contributed by atoms with Crippen molar-refractivity contribution in [2.75, 3.05) is 29.9 Å². The van der Waals surface area contributed by atoms with Crippen LogP contribution in [0.15, 0.2) is 48.5 Å². The maximum atomic E-state index is 12.0.